The third-order valence-electron chi connectivity index (χ3n) is 2.74. The number of aromatic nitrogens is 1. The van der Waals surface area contributed by atoms with Crippen LogP contribution in [0.15, 0.2) is 18.3 Å². The lowest BCUT2D eigenvalue weighted by Crippen LogP contribution is -2.21. The molecule has 4 nitrogen and oxygen atoms in total. The Morgan fingerprint density at radius 2 is 2.28 bits per heavy atom. The number of nitriles is 1. The first-order valence-electron chi connectivity index (χ1n) is 6.46. The highest BCUT2D eigenvalue weighted by Gasteiger charge is 2.03. The molecule has 4 heteroatoms. The van der Waals surface area contributed by atoms with Gasteiger partial charge in [0.2, 0.25) is 0 Å². The van der Waals surface area contributed by atoms with Crippen LogP contribution in [0.25, 0.3) is 0 Å². The molecule has 1 aromatic rings. The van der Waals surface area contributed by atoms with Crippen LogP contribution in [0.3, 0.4) is 0 Å². The van der Waals surface area contributed by atoms with Gasteiger partial charge < -0.3 is 10.5 Å². The highest BCUT2D eigenvalue weighted by molar-refractivity contribution is 5.20. The van der Waals surface area contributed by atoms with Crippen molar-refractivity contribution >= 4 is 0 Å². The second-order valence-electron chi connectivity index (χ2n) is 4.32. The molecule has 0 aliphatic heterocycles. The van der Waals surface area contributed by atoms with E-state index in [1.54, 1.807) is 6.20 Å². The Kier molecular flexibility index (Phi) is 6.82. The third-order valence-corrected chi connectivity index (χ3v) is 2.74. The molecule has 1 rings (SSSR count). The summed E-state index contributed by atoms with van der Waals surface area (Å²) in [5, 5.41) is 8.39. The maximum atomic E-state index is 8.39. The fraction of sp³-hybridized carbons (Fsp3) is 0.571. The Hall–Kier alpha value is -1.60. The van der Waals surface area contributed by atoms with Crippen LogP contribution in [0.4, 0.5) is 0 Å². The van der Waals surface area contributed by atoms with Crippen molar-refractivity contribution < 1.29 is 4.74 Å². The molecule has 0 aliphatic carbocycles. The quantitative estimate of drug-likeness (QED) is 0.716. The lowest BCUT2D eigenvalue weighted by Gasteiger charge is -2.09. The van der Waals surface area contributed by atoms with E-state index in [2.05, 4.69) is 18.0 Å². The predicted octanol–water partition coefficient (Wildman–Crippen LogP) is 2.43. The minimum absolute atomic E-state index is 0.176. The highest BCUT2D eigenvalue weighted by atomic mass is 16.5. The van der Waals surface area contributed by atoms with Crippen LogP contribution in [0.5, 0.6) is 5.75 Å². The number of rotatable bonds is 8. The van der Waals surface area contributed by atoms with E-state index in [0.29, 0.717) is 13.0 Å². The van der Waals surface area contributed by atoms with Crippen LogP contribution < -0.4 is 10.5 Å². The molecular weight excluding hydrogens is 226 g/mol. The number of hydrogen-bond acceptors (Lipinski definition) is 4. The molecule has 0 fully saturated rings. The Bertz CT molecular complexity index is 370. The number of hydrogen-bond donors (Lipinski definition) is 1. The van der Waals surface area contributed by atoms with Crippen molar-refractivity contribution in [3.05, 3.63) is 24.0 Å². The van der Waals surface area contributed by atoms with Gasteiger partial charge in [-0.15, -0.1) is 0 Å². The van der Waals surface area contributed by atoms with Gasteiger partial charge in [0.25, 0.3) is 0 Å². The van der Waals surface area contributed by atoms with Gasteiger partial charge in [0.1, 0.15) is 5.75 Å². The molecule has 0 radical (unpaired) electrons. The summed E-state index contributed by atoms with van der Waals surface area (Å²) in [7, 11) is 0. The smallest absolute Gasteiger partial charge is 0.137 e. The molecule has 0 bridgehead atoms. The monoisotopic (exact) mass is 247 g/mol. The zero-order valence-corrected chi connectivity index (χ0v) is 10.9. The largest absolute Gasteiger partial charge is 0.492 e. The molecule has 1 aromatic heterocycles. The lowest BCUT2D eigenvalue weighted by atomic mass is 10.1. The van der Waals surface area contributed by atoms with Crippen LogP contribution in [0.2, 0.25) is 0 Å². The molecule has 1 atom stereocenters. The molecular formula is C14H21N3O. The first-order chi connectivity index (χ1) is 8.76. The second kappa shape index (κ2) is 8.48. The number of nitrogens with two attached hydrogens (primary N) is 1. The summed E-state index contributed by atoms with van der Waals surface area (Å²) >= 11 is 0. The van der Waals surface area contributed by atoms with Gasteiger partial charge in [-0.2, -0.15) is 5.26 Å². The van der Waals surface area contributed by atoms with Gasteiger partial charge in [-0.1, -0.05) is 6.92 Å². The maximum absolute atomic E-state index is 8.39. The van der Waals surface area contributed by atoms with Crippen molar-refractivity contribution in [2.75, 3.05) is 6.61 Å². The van der Waals surface area contributed by atoms with E-state index in [4.69, 9.17) is 15.7 Å². The van der Waals surface area contributed by atoms with E-state index in [9.17, 15) is 0 Å². The van der Waals surface area contributed by atoms with Gasteiger partial charge >= 0.3 is 0 Å². The average molecular weight is 247 g/mol. The molecule has 0 saturated heterocycles. The van der Waals surface area contributed by atoms with E-state index in [0.717, 1.165) is 37.1 Å². The first kappa shape index (κ1) is 14.5. The number of ether oxygens (including phenoxy) is 1. The van der Waals surface area contributed by atoms with E-state index >= 15 is 0 Å². The van der Waals surface area contributed by atoms with Gasteiger partial charge in [0, 0.05) is 24.6 Å². The second-order valence-corrected chi connectivity index (χ2v) is 4.32. The molecule has 0 aliphatic rings. The van der Waals surface area contributed by atoms with Crippen molar-refractivity contribution in [3.8, 4) is 11.8 Å². The van der Waals surface area contributed by atoms with Gasteiger partial charge in [0.15, 0.2) is 0 Å². The van der Waals surface area contributed by atoms with E-state index in [1.807, 2.05) is 12.1 Å². The number of unbranched alkanes of at least 4 members (excludes halogenated alkanes) is 2. The zero-order valence-electron chi connectivity index (χ0n) is 10.9. The van der Waals surface area contributed by atoms with Crippen molar-refractivity contribution in [1.29, 1.82) is 5.26 Å². The molecule has 98 valence electrons. The topological polar surface area (TPSA) is 71.9 Å². The van der Waals surface area contributed by atoms with Crippen molar-refractivity contribution in [2.24, 2.45) is 5.73 Å². The molecule has 0 aromatic carbocycles. The summed E-state index contributed by atoms with van der Waals surface area (Å²) in [6.07, 6.45) is 5.87. The SMILES string of the molecule is CCC(N)Cc1ccc(OCCCCC#N)cn1. The summed E-state index contributed by atoms with van der Waals surface area (Å²) in [6, 6.07) is 6.18. The van der Waals surface area contributed by atoms with E-state index in [-0.39, 0.29) is 6.04 Å². The Morgan fingerprint density at radius 3 is 2.89 bits per heavy atom. The minimum Gasteiger partial charge on any atom is -0.492 e. The van der Waals surface area contributed by atoms with Crippen LogP contribution in [0.1, 0.15) is 38.3 Å². The van der Waals surface area contributed by atoms with Crippen LogP contribution in [-0.4, -0.2) is 17.6 Å². The Balaban J connectivity index is 2.30. The van der Waals surface area contributed by atoms with Crippen molar-refractivity contribution in [1.82, 2.24) is 4.98 Å². The molecule has 1 unspecified atom stereocenters. The minimum atomic E-state index is 0.176. The number of pyridine rings is 1. The third kappa shape index (κ3) is 5.65. The highest BCUT2D eigenvalue weighted by Crippen LogP contribution is 2.11. The van der Waals surface area contributed by atoms with Crippen LogP contribution >= 0.6 is 0 Å². The van der Waals surface area contributed by atoms with Crippen LogP contribution in [0, 0.1) is 11.3 Å². The molecule has 2 N–H and O–H groups in total. The van der Waals surface area contributed by atoms with Crippen LogP contribution in [-0.2, 0) is 6.42 Å². The molecule has 1 heterocycles. The summed E-state index contributed by atoms with van der Waals surface area (Å²) < 4.78 is 5.54. The molecule has 0 saturated carbocycles. The summed E-state index contributed by atoms with van der Waals surface area (Å²) in [6.45, 7) is 2.71. The standard InChI is InChI=1S/C14H21N3O/c1-2-12(16)10-13-6-7-14(11-17-13)18-9-5-3-4-8-15/h6-7,11-12H,2-5,9-10,16H2,1H3. The van der Waals surface area contributed by atoms with E-state index < -0.39 is 0 Å². The molecule has 0 amide bonds. The number of nitrogens with zero attached hydrogens (tertiary/aromatic N) is 2. The fourth-order valence-electron chi connectivity index (χ4n) is 1.53. The lowest BCUT2D eigenvalue weighted by molar-refractivity contribution is 0.306. The Labute approximate surface area is 109 Å². The van der Waals surface area contributed by atoms with Crippen molar-refractivity contribution in [2.45, 2.75) is 45.1 Å². The normalized spacial score (nSPS) is 11.8. The fourth-order valence-corrected chi connectivity index (χ4v) is 1.53. The van der Waals surface area contributed by atoms with Gasteiger partial charge in [0.05, 0.1) is 18.9 Å². The Morgan fingerprint density at radius 1 is 1.44 bits per heavy atom. The predicted molar refractivity (Wildman–Crippen MR) is 71.2 cm³/mol. The average Bonchev–Trinajstić information content (AvgIpc) is 2.40. The summed E-state index contributed by atoms with van der Waals surface area (Å²) in [4.78, 5) is 4.32. The van der Waals surface area contributed by atoms with Gasteiger partial charge in [-0.25, -0.2) is 0 Å². The summed E-state index contributed by atoms with van der Waals surface area (Å²) in [5.41, 5.74) is 6.87. The first-order valence-corrected chi connectivity index (χ1v) is 6.46. The molecule has 18 heavy (non-hydrogen) atoms. The maximum Gasteiger partial charge on any atom is 0.137 e. The van der Waals surface area contributed by atoms with E-state index in [1.165, 1.54) is 0 Å². The van der Waals surface area contributed by atoms with Gasteiger partial charge in [-0.05, 0) is 31.4 Å². The van der Waals surface area contributed by atoms with Crippen molar-refractivity contribution in [3.63, 3.8) is 0 Å². The summed E-state index contributed by atoms with van der Waals surface area (Å²) in [5.74, 6) is 0.778. The van der Waals surface area contributed by atoms with Gasteiger partial charge in [-0.3, -0.25) is 4.98 Å². The zero-order chi connectivity index (χ0) is 13.2. The molecule has 0 spiro atoms.